The number of halogens is 1. The number of carbonyl (C=O) groups is 2. The molecule has 0 bridgehead atoms. The van der Waals surface area contributed by atoms with Gasteiger partial charge >= 0.3 is 0 Å². The van der Waals surface area contributed by atoms with Gasteiger partial charge in [-0.1, -0.05) is 22.0 Å². The van der Waals surface area contributed by atoms with Crippen molar-refractivity contribution in [2.75, 3.05) is 5.32 Å². The van der Waals surface area contributed by atoms with Crippen molar-refractivity contribution in [1.82, 2.24) is 4.90 Å². The predicted molar refractivity (Wildman–Crippen MR) is 77.9 cm³/mol. The number of benzene rings is 1. The van der Waals surface area contributed by atoms with Crippen molar-refractivity contribution >= 4 is 33.4 Å². The molecule has 2 rings (SSSR count). The van der Waals surface area contributed by atoms with Crippen LogP contribution < -0.4 is 5.32 Å². The molecule has 1 aliphatic rings. The predicted octanol–water partition coefficient (Wildman–Crippen LogP) is 2.71. The van der Waals surface area contributed by atoms with Gasteiger partial charge in [0.05, 0.1) is 6.42 Å². The van der Waals surface area contributed by atoms with Crippen LogP contribution in [-0.2, 0) is 9.59 Å². The summed E-state index contributed by atoms with van der Waals surface area (Å²) in [6.45, 7) is 5.67. The summed E-state index contributed by atoms with van der Waals surface area (Å²) in [5.74, 6) is -0.246. The van der Waals surface area contributed by atoms with E-state index in [1.165, 1.54) is 4.90 Å². The number of likely N-dealkylation sites (tertiary alicyclic amines) is 1. The van der Waals surface area contributed by atoms with Crippen LogP contribution in [0, 0.1) is 6.92 Å². The molecule has 1 aliphatic heterocycles. The molecule has 0 saturated carbocycles. The van der Waals surface area contributed by atoms with Gasteiger partial charge in [0.25, 0.3) is 5.91 Å². The number of aryl methyl sites for hydroxylation is 1. The average Bonchev–Trinajstić information content (AvgIpc) is 2.59. The smallest absolute Gasteiger partial charge is 0.252 e. The molecule has 0 spiro atoms. The SMILES string of the molecule is Cc1ccc(Br)cc1NC1CC(=O)N(C(C)C)C1=O. The highest BCUT2D eigenvalue weighted by Gasteiger charge is 2.39. The third-order valence-corrected chi connectivity index (χ3v) is 3.72. The molecule has 1 N–H and O–H groups in total. The molecule has 1 aromatic rings. The number of hydrogen-bond donors (Lipinski definition) is 1. The molecule has 1 fully saturated rings. The molecule has 1 atom stereocenters. The molecule has 1 saturated heterocycles. The van der Waals surface area contributed by atoms with Crippen LogP contribution >= 0.6 is 15.9 Å². The van der Waals surface area contributed by atoms with Crippen LogP contribution in [0.3, 0.4) is 0 Å². The molecule has 0 aliphatic carbocycles. The minimum absolute atomic E-state index is 0.0876. The fourth-order valence-electron chi connectivity index (χ4n) is 2.24. The topological polar surface area (TPSA) is 49.4 Å². The molecule has 0 aromatic heterocycles. The first-order valence-corrected chi connectivity index (χ1v) is 7.08. The number of nitrogens with zero attached hydrogens (tertiary/aromatic N) is 1. The molecular formula is C14H17BrN2O2. The summed E-state index contributed by atoms with van der Waals surface area (Å²) in [4.78, 5) is 25.4. The zero-order chi connectivity index (χ0) is 14.2. The van der Waals surface area contributed by atoms with Gasteiger partial charge in [-0.05, 0) is 38.5 Å². The molecule has 5 heteroatoms. The van der Waals surface area contributed by atoms with E-state index >= 15 is 0 Å². The maximum Gasteiger partial charge on any atom is 0.252 e. The standard InChI is InChI=1S/C14H17BrN2O2/c1-8(2)17-13(18)7-12(14(17)19)16-11-6-10(15)5-4-9(11)3/h4-6,8,12,16H,7H2,1-3H3. The molecule has 1 aromatic carbocycles. The van der Waals surface area contributed by atoms with E-state index < -0.39 is 6.04 Å². The van der Waals surface area contributed by atoms with E-state index in [0.29, 0.717) is 0 Å². The molecule has 1 heterocycles. The van der Waals surface area contributed by atoms with Crippen molar-refractivity contribution in [3.8, 4) is 0 Å². The van der Waals surface area contributed by atoms with E-state index in [0.717, 1.165) is 15.7 Å². The Hall–Kier alpha value is -1.36. The summed E-state index contributed by atoms with van der Waals surface area (Å²) in [5.41, 5.74) is 1.93. The maximum absolute atomic E-state index is 12.2. The molecule has 102 valence electrons. The van der Waals surface area contributed by atoms with Gasteiger partial charge in [-0.25, -0.2) is 0 Å². The van der Waals surface area contributed by atoms with Crippen LogP contribution in [0.5, 0.6) is 0 Å². The minimum Gasteiger partial charge on any atom is -0.373 e. The monoisotopic (exact) mass is 324 g/mol. The van der Waals surface area contributed by atoms with Crippen molar-refractivity contribution < 1.29 is 9.59 Å². The molecule has 19 heavy (non-hydrogen) atoms. The van der Waals surface area contributed by atoms with Gasteiger partial charge in [0.15, 0.2) is 0 Å². The highest BCUT2D eigenvalue weighted by molar-refractivity contribution is 9.10. The molecule has 2 amide bonds. The zero-order valence-electron chi connectivity index (χ0n) is 11.2. The van der Waals surface area contributed by atoms with Crippen LogP contribution in [-0.4, -0.2) is 28.8 Å². The minimum atomic E-state index is -0.456. The second-order valence-corrected chi connectivity index (χ2v) is 5.97. The largest absolute Gasteiger partial charge is 0.373 e. The fourth-order valence-corrected chi connectivity index (χ4v) is 2.60. The summed E-state index contributed by atoms with van der Waals surface area (Å²) in [6, 6.07) is 5.29. The Bertz CT molecular complexity index is 528. The van der Waals surface area contributed by atoms with Crippen molar-refractivity contribution in [1.29, 1.82) is 0 Å². The van der Waals surface area contributed by atoms with E-state index in [-0.39, 0.29) is 24.3 Å². The second kappa shape index (κ2) is 5.33. The van der Waals surface area contributed by atoms with Crippen molar-refractivity contribution in [3.05, 3.63) is 28.2 Å². The number of rotatable bonds is 3. The van der Waals surface area contributed by atoms with E-state index in [4.69, 9.17) is 0 Å². The molecular weight excluding hydrogens is 308 g/mol. The van der Waals surface area contributed by atoms with E-state index in [2.05, 4.69) is 21.2 Å². The molecule has 4 nitrogen and oxygen atoms in total. The highest BCUT2D eigenvalue weighted by Crippen LogP contribution is 2.25. The van der Waals surface area contributed by atoms with Crippen molar-refractivity contribution in [2.24, 2.45) is 0 Å². The lowest BCUT2D eigenvalue weighted by atomic mass is 10.1. The Labute approximate surface area is 121 Å². The second-order valence-electron chi connectivity index (χ2n) is 5.06. The number of anilines is 1. The molecule has 0 radical (unpaired) electrons. The van der Waals surface area contributed by atoms with Crippen molar-refractivity contribution in [2.45, 2.75) is 39.3 Å². The highest BCUT2D eigenvalue weighted by atomic mass is 79.9. The van der Waals surface area contributed by atoms with E-state index in [9.17, 15) is 9.59 Å². The Morgan fingerprint density at radius 1 is 1.37 bits per heavy atom. The third-order valence-electron chi connectivity index (χ3n) is 3.23. The molecule has 1 unspecified atom stereocenters. The first kappa shape index (κ1) is 14.1. The quantitative estimate of drug-likeness (QED) is 0.870. The average molecular weight is 325 g/mol. The fraction of sp³-hybridized carbons (Fsp3) is 0.429. The number of nitrogens with one attached hydrogen (secondary N) is 1. The summed E-state index contributed by atoms with van der Waals surface area (Å²) in [7, 11) is 0. The Morgan fingerprint density at radius 3 is 2.63 bits per heavy atom. The third kappa shape index (κ3) is 2.81. The summed E-state index contributed by atoms with van der Waals surface area (Å²) in [5, 5.41) is 3.17. The van der Waals surface area contributed by atoms with Gasteiger partial charge < -0.3 is 5.32 Å². The summed E-state index contributed by atoms with van der Waals surface area (Å²) in [6.07, 6.45) is 0.225. The Kier molecular flexibility index (Phi) is 3.94. The summed E-state index contributed by atoms with van der Waals surface area (Å²) < 4.78 is 0.943. The normalized spacial score (nSPS) is 19.4. The Morgan fingerprint density at radius 2 is 2.05 bits per heavy atom. The zero-order valence-corrected chi connectivity index (χ0v) is 12.8. The van der Waals surface area contributed by atoms with Crippen LogP contribution in [0.2, 0.25) is 0 Å². The first-order chi connectivity index (χ1) is 8.90. The Balaban J connectivity index is 2.19. The number of carbonyl (C=O) groups excluding carboxylic acids is 2. The number of amides is 2. The van der Waals surface area contributed by atoms with E-state index in [1.807, 2.05) is 39.0 Å². The van der Waals surface area contributed by atoms with Gasteiger partial charge in [0, 0.05) is 16.2 Å². The first-order valence-electron chi connectivity index (χ1n) is 6.28. The lowest BCUT2D eigenvalue weighted by Crippen LogP contribution is -2.39. The van der Waals surface area contributed by atoms with E-state index in [1.54, 1.807) is 0 Å². The van der Waals surface area contributed by atoms with Crippen LogP contribution in [0.15, 0.2) is 22.7 Å². The van der Waals surface area contributed by atoms with Crippen LogP contribution in [0.1, 0.15) is 25.8 Å². The lowest BCUT2D eigenvalue weighted by molar-refractivity contribution is -0.140. The number of imide groups is 1. The van der Waals surface area contributed by atoms with Gasteiger partial charge in [-0.15, -0.1) is 0 Å². The van der Waals surface area contributed by atoms with Gasteiger partial charge in [-0.3, -0.25) is 14.5 Å². The van der Waals surface area contributed by atoms with Crippen LogP contribution in [0.25, 0.3) is 0 Å². The van der Waals surface area contributed by atoms with Crippen LogP contribution in [0.4, 0.5) is 5.69 Å². The van der Waals surface area contributed by atoms with Gasteiger partial charge in [0.1, 0.15) is 6.04 Å². The lowest BCUT2D eigenvalue weighted by Gasteiger charge is -2.20. The maximum atomic E-state index is 12.2. The van der Waals surface area contributed by atoms with Crippen molar-refractivity contribution in [3.63, 3.8) is 0 Å². The van der Waals surface area contributed by atoms with Gasteiger partial charge in [0.2, 0.25) is 5.91 Å². The summed E-state index contributed by atoms with van der Waals surface area (Å²) >= 11 is 3.41. The van der Waals surface area contributed by atoms with Gasteiger partial charge in [-0.2, -0.15) is 0 Å². The number of hydrogen-bond acceptors (Lipinski definition) is 3.